The summed E-state index contributed by atoms with van der Waals surface area (Å²) in [7, 11) is 0. The van der Waals surface area contributed by atoms with Gasteiger partial charge in [-0.05, 0) is 45.0 Å². The Morgan fingerprint density at radius 2 is 1.66 bits per heavy atom. The van der Waals surface area contributed by atoms with Crippen molar-refractivity contribution in [2.75, 3.05) is 45.8 Å². The van der Waals surface area contributed by atoms with E-state index in [2.05, 4.69) is 55.8 Å². The molecule has 1 amide bonds. The van der Waals surface area contributed by atoms with E-state index in [0.29, 0.717) is 0 Å². The van der Waals surface area contributed by atoms with E-state index in [1.54, 1.807) is 11.8 Å². The maximum Gasteiger partial charge on any atom is 0.235 e. The van der Waals surface area contributed by atoms with Gasteiger partial charge < -0.3 is 14.4 Å². The molecule has 0 saturated carbocycles. The molecule has 2 saturated heterocycles. The number of likely N-dealkylation sites (tertiary alicyclic amines) is 1. The van der Waals surface area contributed by atoms with E-state index in [9.17, 15) is 4.79 Å². The van der Waals surface area contributed by atoms with Crippen LogP contribution >= 0.6 is 11.8 Å². The molecule has 2 fully saturated rings. The molecular weight excluding hydrogens is 420 g/mol. The number of piperidine rings is 1. The summed E-state index contributed by atoms with van der Waals surface area (Å²) in [6, 6.07) is 10.5. The molecule has 4 rings (SSSR count). The molecule has 7 nitrogen and oxygen atoms in total. The van der Waals surface area contributed by atoms with Crippen molar-refractivity contribution in [3.8, 4) is 0 Å². The minimum absolute atomic E-state index is 0.176. The molecule has 2 aliphatic heterocycles. The first-order valence-electron chi connectivity index (χ1n) is 12.0. The molecule has 32 heavy (non-hydrogen) atoms. The van der Waals surface area contributed by atoms with Crippen LogP contribution in [-0.4, -0.2) is 86.4 Å². The summed E-state index contributed by atoms with van der Waals surface area (Å²) in [5.41, 5.74) is 1.23. The molecule has 0 N–H and O–H groups in total. The molecule has 0 spiro atoms. The molecule has 0 bridgehead atoms. The average molecular weight is 457 g/mol. The third-order valence-electron chi connectivity index (χ3n) is 6.55. The van der Waals surface area contributed by atoms with Crippen LogP contribution in [0.15, 0.2) is 35.5 Å². The first-order valence-corrected chi connectivity index (χ1v) is 12.9. The zero-order chi connectivity index (χ0) is 22.3. The van der Waals surface area contributed by atoms with Crippen LogP contribution in [0, 0.1) is 0 Å². The fourth-order valence-electron chi connectivity index (χ4n) is 4.52. The highest BCUT2D eigenvalue weighted by atomic mass is 32.2. The molecule has 3 heterocycles. The van der Waals surface area contributed by atoms with Crippen LogP contribution in [0.2, 0.25) is 0 Å². The van der Waals surface area contributed by atoms with Gasteiger partial charge in [-0.25, -0.2) is 0 Å². The Balaban J connectivity index is 1.47. The third-order valence-corrected chi connectivity index (χ3v) is 7.62. The van der Waals surface area contributed by atoms with Gasteiger partial charge in [0, 0.05) is 26.2 Å². The van der Waals surface area contributed by atoms with Gasteiger partial charge in [-0.2, -0.15) is 0 Å². The lowest BCUT2D eigenvalue weighted by Crippen LogP contribution is -2.50. The lowest BCUT2D eigenvalue weighted by molar-refractivity contribution is -0.132. The quantitative estimate of drug-likeness (QED) is 0.570. The molecule has 174 valence electrons. The van der Waals surface area contributed by atoms with E-state index in [-0.39, 0.29) is 11.2 Å². The van der Waals surface area contributed by atoms with Gasteiger partial charge in [0.25, 0.3) is 0 Å². The second-order valence-corrected chi connectivity index (χ2v) is 10.1. The monoisotopic (exact) mass is 456 g/mol. The van der Waals surface area contributed by atoms with Gasteiger partial charge in [0.1, 0.15) is 5.82 Å². The van der Waals surface area contributed by atoms with Crippen LogP contribution in [-0.2, 0) is 17.9 Å². The van der Waals surface area contributed by atoms with Gasteiger partial charge in [0.05, 0.1) is 18.3 Å². The molecule has 0 aliphatic carbocycles. The Kier molecular flexibility index (Phi) is 8.21. The first kappa shape index (κ1) is 23.3. The molecule has 1 atom stereocenters. The summed E-state index contributed by atoms with van der Waals surface area (Å²) < 4.78 is 2.22. The number of benzene rings is 1. The minimum Gasteiger partial charge on any atom is -0.339 e. The Labute approximate surface area is 196 Å². The van der Waals surface area contributed by atoms with Crippen LogP contribution in [0.3, 0.4) is 0 Å². The van der Waals surface area contributed by atoms with Crippen molar-refractivity contribution in [1.29, 1.82) is 0 Å². The van der Waals surface area contributed by atoms with Crippen molar-refractivity contribution in [1.82, 2.24) is 29.5 Å². The van der Waals surface area contributed by atoms with E-state index < -0.39 is 0 Å². The zero-order valence-electron chi connectivity index (χ0n) is 19.4. The molecule has 1 unspecified atom stereocenters. The summed E-state index contributed by atoms with van der Waals surface area (Å²) in [6.45, 7) is 12.6. The normalized spacial score (nSPS) is 19.2. The lowest BCUT2D eigenvalue weighted by atomic mass is 10.1. The highest BCUT2D eigenvalue weighted by Gasteiger charge is 2.27. The van der Waals surface area contributed by atoms with Gasteiger partial charge in [-0.15, -0.1) is 10.2 Å². The van der Waals surface area contributed by atoms with Crippen molar-refractivity contribution < 1.29 is 4.79 Å². The van der Waals surface area contributed by atoms with Gasteiger partial charge in [-0.3, -0.25) is 9.69 Å². The van der Waals surface area contributed by atoms with Crippen LogP contribution < -0.4 is 0 Å². The van der Waals surface area contributed by atoms with Crippen molar-refractivity contribution in [3.63, 3.8) is 0 Å². The summed E-state index contributed by atoms with van der Waals surface area (Å²) in [4.78, 5) is 20.0. The maximum atomic E-state index is 13.1. The number of hydrogen-bond donors (Lipinski definition) is 0. The molecule has 1 aromatic heterocycles. The lowest BCUT2D eigenvalue weighted by Gasteiger charge is -2.35. The Hall–Kier alpha value is -1.90. The Morgan fingerprint density at radius 1 is 0.938 bits per heavy atom. The standard InChI is InChI=1S/C24H36N6OS/c1-3-27-14-16-29(17-15-27)23(31)20(2)32-24-26-25-22(19-28-12-8-5-9-13-28)30(24)18-21-10-6-4-7-11-21/h4,6-7,10-11,20H,3,5,8-9,12-19H2,1-2H3. The van der Waals surface area contributed by atoms with Gasteiger partial charge >= 0.3 is 0 Å². The number of piperazine rings is 1. The Morgan fingerprint density at radius 3 is 2.34 bits per heavy atom. The number of aromatic nitrogens is 3. The largest absolute Gasteiger partial charge is 0.339 e. The van der Waals surface area contributed by atoms with Crippen molar-refractivity contribution in [2.24, 2.45) is 0 Å². The number of nitrogens with zero attached hydrogens (tertiary/aromatic N) is 6. The number of hydrogen-bond acceptors (Lipinski definition) is 6. The number of carbonyl (C=O) groups excluding carboxylic acids is 1. The number of amides is 1. The third kappa shape index (κ3) is 5.91. The molecule has 2 aliphatic rings. The molecule has 2 aromatic rings. The van der Waals surface area contributed by atoms with Crippen molar-refractivity contribution >= 4 is 17.7 Å². The number of rotatable bonds is 8. The van der Waals surface area contributed by atoms with E-state index in [4.69, 9.17) is 0 Å². The van der Waals surface area contributed by atoms with Gasteiger partial charge in [0.15, 0.2) is 5.16 Å². The predicted octanol–water partition coefficient (Wildman–Crippen LogP) is 2.96. The van der Waals surface area contributed by atoms with Crippen LogP contribution in [0.25, 0.3) is 0 Å². The Bertz CT molecular complexity index is 859. The average Bonchev–Trinajstić information content (AvgIpc) is 3.20. The van der Waals surface area contributed by atoms with Crippen molar-refractivity contribution in [2.45, 2.75) is 56.6 Å². The highest BCUT2D eigenvalue weighted by molar-refractivity contribution is 8.00. The topological polar surface area (TPSA) is 57.5 Å². The number of carbonyl (C=O) groups is 1. The molecule has 0 radical (unpaired) electrons. The molecular formula is C24H36N6OS. The van der Waals surface area contributed by atoms with Gasteiger partial charge in [-0.1, -0.05) is 55.4 Å². The predicted molar refractivity (Wildman–Crippen MR) is 129 cm³/mol. The van der Waals surface area contributed by atoms with Crippen LogP contribution in [0.4, 0.5) is 0 Å². The van der Waals surface area contributed by atoms with E-state index >= 15 is 0 Å². The molecule has 1 aromatic carbocycles. The first-order chi connectivity index (χ1) is 15.6. The number of likely N-dealkylation sites (N-methyl/N-ethyl adjacent to an activating group) is 1. The highest BCUT2D eigenvalue weighted by Crippen LogP contribution is 2.26. The van der Waals surface area contributed by atoms with Crippen LogP contribution in [0.1, 0.15) is 44.5 Å². The summed E-state index contributed by atoms with van der Waals surface area (Å²) in [5, 5.41) is 9.78. The zero-order valence-corrected chi connectivity index (χ0v) is 20.3. The SMILES string of the molecule is CCN1CCN(C(=O)C(C)Sc2nnc(CN3CCCCC3)n2Cc2ccccc2)CC1. The minimum atomic E-state index is -0.176. The second kappa shape index (κ2) is 11.3. The van der Waals surface area contributed by atoms with Crippen LogP contribution in [0.5, 0.6) is 0 Å². The van der Waals surface area contributed by atoms with Gasteiger partial charge in [0.2, 0.25) is 5.91 Å². The van der Waals surface area contributed by atoms with Crippen molar-refractivity contribution in [3.05, 3.63) is 41.7 Å². The van der Waals surface area contributed by atoms with E-state index in [1.807, 2.05) is 17.9 Å². The summed E-state index contributed by atoms with van der Waals surface area (Å²) >= 11 is 1.55. The summed E-state index contributed by atoms with van der Waals surface area (Å²) in [5.74, 6) is 1.20. The smallest absolute Gasteiger partial charge is 0.235 e. The van der Waals surface area contributed by atoms with E-state index in [1.165, 1.54) is 24.8 Å². The molecule has 8 heteroatoms. The number of thioether (sulfide) groups is 1. The second-order valence-electron chi connectivity index (χ2n) is 8.83. The fraction of sp³-hybridized carbons (Fsp3) is 0.625. The fourth-order valence-corrected chi connectivity index (χ4v) is 5.47. The summed E-state index contributed by atoms with van der Waals surface area (Å²) in [6.07, 6.45) is 3.83. The maximum absolute atomic E-state index is 13.1. The van der Waals surface area contributed by atoms with E-state index in [0.717, 1.165) is 69.9 Å².